The van der Waals surface area contributed by atoms with Crippen LogP contribution in [0.25, 0.3) is 0 Å². The molecular weight excluding hydrogens is 565 g/mol. The second-order valence-corrected chi connectivity index (χ2v) is 11.7. The Bertz CT molecular complexity index is 1140. The maximum Gasteiger partial charge on any atom is 0.244 e. The number of amides is 2. The third-order valence-corrected chi connectivity index (χ3v) is 7.36. The highest BCUT2D eigenvalue weighted by Gasteiger charge is 2.32. The number of sulfonamides is 1. The molecule has 2 rings (SSSR count). The van der Waals surface area contributed by atoms with Crippen molar-refractivity contribution in [1.29, 1.82) is 0 Å². The summed E-state index contributed by atoms with van der Waals surface area (Å²) >= 11 is 15.7. The normalized spacial score (nSPS) is 12.4. The van der Waals surface area contributed by atoms with Crippen molar-refractivity contribution in [2.24, 2.45) is 0 Å². The number of carbonyl (C=O) groups is 2. The molecule has 186 valence electrons. The fourth-order valence-corrected chi connectivity index (χ4v) is 5.33. The Kier molecular flexibility index (Phi) is 10.2. The molecule has 2 amide bonds. The zero-order chi connectivity index (χ0) is 25.6. The van der Waals surface area contributed by atoms with Crippen LogP contribution in [0.5, 0.6) is 0 Å². The Hall–Kier alpha value is -1.81. The van der Waals surface area contributed by atoms with Crippen LogP contribution in [0.1, 0.15) is 32.8 Å². The van der Waals surface area contributed by atoms with Gasteiger partial charge in [-0.05, 0) is 66.0 Å². The number of benzene rings is 2. The van der Waals surface area contributed by atoms with E-state index in [0.717, 1.165) is 10.6 Å². The van der Waals surface area contributed by atoms with Gasteiger partial charge in [0, 0.05) is 27.1 Å². The van der Waals surface area contributed by atoms with Crippen LogP contribution >= 0.6 is 39.1 Å². The van der Waals surface area contributed by atoms with Crippen molar-refractivity contribution in [1.82, 2.24) is 10.2 Å². The molecule has 1 N–H and O–H groups in total. The van der Waals surface area contributed by atoms with Gasteiger partial charge in [0.1, 0.15) is 12.6 Å². The maximum atomic E-state index is 13.6. The molecule has 0 bridgehead atoms. The van der Waals surface area contributed by atoms with Crippen molar-refractivity contribution in [2.75, 3.05) is 17.1 Å². The van der Waals surface area contributed by atoms with Crippen LogP contribution in [-0.2, 0) is 26.2 Å². The number of nitrogens with one attached hydrogen (secondary N) is 1. The number of hydrogen-bond acceptors (Lipinski definition) is 4. The number of carbonyl (C=O) groups excluding carboxylic acids is 2. The van der Waals surface area contributed by atoms with E-state index < -0.39 is 28.5 Å². The van der Waals surface area contributed by atoms with E-state index in [1.165, 1.54) is 4.90 Å². The predicted molar refractivity (Wildman–Crippen MR) is 141 cm³/mol. The van der Waals surface area contributed by atoms with Crippen molar-refractivity contribution in [2.45, 2.75) is 45.8 Å². The van der Waals surface area contributed by atoms with Gasteiger partial charge < -0.3 is 10.2 Å². The number of nitrogens with zero attached hydrogens (tertiary/aromatic N) is 2. The monoisotopic (exact) mass is 591 g/mol. The van der Waals surface area contributed by atoms with E-state index in [4.69, 9.17) is 23.2 Å². The summed E-state index contributed by atoms with van der Waals surface area (Å²) in [6, 6.07) is 10.6. The number of rotatable bonds is 10. The third-order valence-electron chi connectivity index (χ3n) is 4.97. The van der Waals surface area contributed by atoms with Crippen LogP contribution in [-0.4, -0.2) is 50.0 Å². The molecule has 0 saturated heterocycles. The van der Waals surface area contributed by atoms with Crippen LogP contribution in [0.15, 0.2) is 46.9 Å². The van der Waals surface area contributed by atoms with Gasteiger partial charge >= 0.3 is 0 Å². The minimum Gasteiger partial charge on any atom is -0.352 e. The summed E-state index contributed by atoms with van der Waals surface area (Å²) in [4.78, 5) is 27.9. The second-order valence-electron chi connectivity index (χ2n) is 8.07. The minimum atomic E-state index is -3.82. The van der Waals surface area contributed by atoms with E-state index in [1.807, 2.05) is 13.8 Å². The standard InChI is InChI=1S/C23H28BrCl2N3O4S/c1-5-20(23(31)27-15(2)3)28(13-16-10-11-17(25)12-19(16)26)22(30)14-29(34(4,32)33)21-9-7-6-8-18(21)24/h6-12,15,20H,5,13-14H2,1-4H3,(H,27,31). The maximum absolute atomic E-state index is 13.6. The Balaban J connectivity index is 2.49. The molecule has 0 aliphatic heterocycles. The van der Waals surface area contributed by atoms with Crippen LogP contribution in [0.4, 0.5) is 5.69 Å². The van der Waals surface area contributed by atoms with E-state index in [1.54, 1.807) is 49.4 Å². The summed E-state index contributed by atoms with van der Waals surface area (Å²) in [6.07, 6.45) is 1.35. The first-order valence-corrected chi connectivity index (χ1v) is 14.0. The molecule has 2 aromatic rings. The Labute approximate surface area is 219 Å². The van der Waals surface area contributed by atoms with Gasteiger partial charge in [-0.25, -0.2) is 8.42 Å². The fourth-order valence-electron chi connectivity index (χ4n) is 3.38. The molecule has 0 aromatic heterocycles. The van der Waals surface area contributed by atoms with E-state index in [0.29, 0.717) is 32.2 Å². The van der Waals surface area contributed by atoms with Gasteiger partial charge in [-0.1, -0.05) is 48.3 Å². The van der Waals surface area contributed by atoms with Gasteiger partial charge in [0.15, 0.2) is 0 Å². The molecule has 1 atom stereocenters. The average molecular weight is 593 g/mol. The topological polar surface area (TPSA) is 86.8 Å². The summed E-state index contributed by atoms with van der Waals surface area (Å²) in [7, 11) is -3.82. The van der Waals surface area contributed by atoms with Gasteiger partial charge in [0.05, 0.1) is 11.9 Å². The van der Waals surface area contributed by atoms with Crippen molar-refractivity contribution in [3.05, 3.63) is 62.5 Å². The Morgan fingerprint density at radius 1 is 1.12 bits per heavy atom. The molecule has 0 radical (unpaired) electrons. The van der Waals surface area contributed by atoms with E-state index >= 15 is 0 Å². The summed E-state index contributed by atoms with van der Waals surface area (Å²) < 4.78 is 26.8. The molecule has 1 unspecified atom stereocenters. The summed E-state index contributed by atoms with van der Waals surface area (Å²) in [5, 5.41) is 3.62. The quantitative estimate of drug-likeness (QED) is 0.427. The highest BCUT2D eigenvalue weighted by molar-refractivity contribution is 9.10. The zero-order valence-corrected chi connectivity index (χ0v) is 23.3. The van der Waals surface area contributed by atoms with Gasteiger partial charge in [-0.2, -0.15) is 0 Å². The first-order chi connectivity index (χ1) is 15.8. The molecule has 0 aliphatic rings. The van der Waals surface area contributed by atoms with Crippen LogP contribution in [0.3, 0.4) is 0 Å². The van der Waals surface area contributed by atoms with Gasteiger partial charge in [0.25, 0.3) is 0 Å². The SMILES string of the molecule is CCC(C(=O)NC(C)C)N(Cc1ccc(Cl)cc1Cl)C(=O)CN(c1ccccc1Br)S(C)(=O)=O. The summed E-state index contributed by atoms with van der Waals surface area (Å²) in [5.74, 6) is -0.874. The first kappa shape index (κ1) is 28.4. The van der Waals surface area contributed by atoms with Crippen molar-refractivity contribution in [3.8, 4) is 0 Å². The number of anilines is 1. The molecule has 7 nitrogen and oxygen atoms in total. The van der Waals surface area contributed by atoms with E-state index in [2.05, 4.69) is 21.2 Å². The number of halogens is 3. The predicted octanol–water partition coefficient (Wildman–Crippen LogP) is 4.85. The third kappa shape index (κ3) is 7.60. The van der Waals surface area contributed by atoms with Crippen molar-refractivity contribution >= 4 is 66.7 Å². The van der Waals surface area contributed by atoms with Crippen LogP contribution in [0.2, 0.25) is 10.0 Å². The molecule has 0 saturated carbocycles. The Morgan fingerprint density at radius 3 is 2.29 bits per heavy atom. The van der Waals surface area contributed by atoms with Crippen LogP contribution < -0.4 is 9.62 Å². The second kappa shape index (κ2) is 12.2. The lowest BCUT2D eigenvalue weighted by Gasteiger charge is -2.33. The molecule has 0 spiro atoms. The van der Waals surface area contributed by atoms with Crippen molar-refractivity contribution < 1.29 is 18.0 Å². The van der Waals surface area contributed by atoms with Gasteiger partial charge in [-0.15, -0.1) is 0 Å². The lowest BCUT2D eigenvalue weighted by molar-refractivity contribution is -0.140. The fraction of sp³-hybridized carbons (Fsp3) is 0.391. The summed E-state index contributed by atoms with van der Waals surface area (Å²) in [5.41, 5.74) is 0.907. The summed E-state index contributed by atoms with van der Waals surface area (Å²) in [6.45, 7) is 4.96. The molecule has 34 heavy (non-hydrogen) atoms. The highest BCUT2D eigenvalue weighted by atomic mass is 79.9. The molecule has 0 aliphatic carbocycles. The smallest absolute Gasteiger partial charge is 0.244 e. The number of hydrogen-bond donors (Lipinski definition) is 1. The largest absolute Gasteiger partial charge is 0.352 e. The average Bonchev–Trinajstić information content (AvgIpc) is 2.72. The number of para-hydroxylation sites is 1. The molecule has 11 heteroatoms. The van der Waals surface area contributed by atoms with Crippen LogP contribution in [0, 0.1) is 0 Å². The highest BCUT2D eigenvalue weighted by Crippen LogP contribution is 2.29. The zero-order valence-electron chi connectivity index (χ0n) is 19.4. The van der Waals surface area contributed by atoms with Gasteiger partial charge in [0.2, 0.25) is 21.8 Å². The Morgan fingerprint density at radius 2 is 1.76 bits per heavy atom. The minimum absolute atomic E-state index is 0.00637. The van der Waals surface area contributed by atoms with E-state index in [9.17, 15) is 18.0 Å². The van der Waals surface area contributed by atoms with Gasteiger partial charge in [-0.3, -0.25) is 13.9 Å². The molecular formula is C23H28BrCl2N3O4S. The molecule has 0 fully saturated rings. The molecule has 2 aromatic carbocycles. The van der Waals surface area contributed by atoms with Crippen molar-refractivity contribution in [3.63, 3.8) is 0 Å². The first-order valence-electron chi connectivity index (χ1n) is 10.6. The molecule has 0 heterocycles. The van der Waals surface area contributed by atoms with E-state index in [-0.39, 0.29) is 18.5 Å². The lowest BCUT2D eigenvalue weighted by atomic mass is 10.1. The lowest BCUT2D eigenvalue weighted by Crippen LogP contribution is -2.53.